The van der Waals surface area contributed by atoms with E-state index in [9.17, 15) is 22.8 Å². The Morgan fingerprint density at radius 2 is 1.46 bits per heavy atom. The SMILES string of the molecule is O=C1NC(=O)N(c2ccc(Br)cc2)C(=O)/C1=C/c1cc(Br)c(OS(=O)(=O)c2ccccc2)c(Br)c1. The summed E-state index contributed by atoms with van der Waals surface area (Å²) in [6.07, 6.45) is 1.29. The van der Waals surface area contributed by atoms with Gasteiger partial charge in [-0.15, -0.1) is 0 Å². The third kappa shape index (κ3) is 5.40. The molecule has 1 aliphatic heterocycles. The number of hydrogen-bond donors (Lipinski definition) is 1. The van der Waals surface area contributed by atoms with E-state index in [0.717, 1.165) is 9.37 Å². The monoisotopic (exact) mass is 682 g/mol. The van der Waals surface area contributed by atoms with Crippen LogP contribution < -0.4 is 14.4 Å². The standard InChI is InChI=1S/C23H13Br3N2O6S/c24-14-6-8-15(9-7-14)28-22(30)17(21(29)27-23(28)31)10-13-11-18(25)20(19(26)12-13)34-35(32,33)16-4-2-1-3-5-16/h1-12H,(H,27,29,31)/b17-10+. The van der Waals surface area contributed by atoms with Crippen LogP contribution in [-0.4, -0.2) is 26.3 Å². The molecule has 12 heteroatoms. The van der Waals surface area contributed by atoms with Gasteiger partial charge >= 0.3 is 16.1 Å². The molecule has 1 N–H and O–H groups in total. The number of halogens is 3. The Hall–Kier alpha value is -2.80. The Morgan fingerprint density at radius 3 is 2.06 bits per heavy atom. The number of carbonyl (C=O) groups is 3. The van der Waals surface area contributed by atoms with Gasteiger partial charge in [0.05, 0.1) is 14.6 Å². The second-order valence-electron chi connectivity index (χ2n) is 7.10. The first-order chi connectivity index (χ1) is 16.6. The van der Waals surface area contributed by atoms with E-state index in [1.165, 1.54) is 30.3 Å². The zero-order valence-corrected chi connectivity index (χ0v) is 22.9. The second kappa shape index (κ2) is 10.1. The molecule has 1 aliphatic rings. The van der Waals surface area contributed by atoms with E-state index in [0.29, 0.717) is 5.56 Å². The van der Waals surface area contributed by atoms with E-state index in [1.54, 1.807) is 42.5 Å². The maximum absolute atomic E-state index is 13.1. The maximum atomic E-state index is 13.1. The van der Waals surface area contributed by atoms with Crippen molar-refractivity contribution in [1.29, 1.82) is 0 Å². The Balaban J connectivity index is 1.67. The van der Waals surface area contributed by atoms with Crippen LogP contribution in [0.4, 0.5) is 10.5 Å². The molecular formula is C23H13Br3N2O6S. The molecule has 0 radical (unpaired) electrons. The van der Waals surface area contributed by atoms with Gasteiger partial charge in [-0.1, -0.05) is 34.1 Å². The lowest BCUT2D eigenvalue weighted by Crippen LogP contribution is -2.54. The fourth-order valence-corrected chi connectivity index (χ4v) is 5.98. The molecule has 0 atom stereocenters. The van der Waals surface area contributed by atoms with Crippen molar-refractivity contribution in [2.24, 2.45) is 0 Å². The van der Waals surface area contributed by atoms with Crippen LogP contribution >= 0.6 is 47.8 Å². The van der Waals surface area contributed by atoms with Crippen LogP contribution in [0.5, 0.6) is 5.75 Å². The van der Waals surface area contributed by atoms with Crippen molar-refractivity contribution in [3.63, 3.8) is 0 Å². The quantitative estimate of drug-likeness (QED) is 0.219. The van der Waals surface area contributed by atoms with Crippen molar-refractivity contribution in [2.75, 3.05) is 4.90 Å². The molecule has 35 heavy (non-hydrogen) atoms. The highest BCUT2D eigenvalue weighted by atomic mass is 79.9. The third-order valence-electron chi connectivity index (χ3n) is 4.74. The first kappa shape index (κ1) is 25.3. The summed E-state index contributed by atoms with van der Waals surface area (Å²) in [7, 11) is -4.10. The molecule has 0 aromatic heterocycles. The molecule has 3 aromatic carbocycles. The largest absolute Gasteiger partial charge is 0.377 e. The number of nitrogens with one attached hydrogen (secondary N) is 1. The topological polar surface area (TPSA) is 110 Å². The molecule has 4 rings (SSSR count). The van der Waals surface area contributed by atoms with Gasteiger partial charge in [-0.25, -0.2) is 9.69 Å². The van der Waals surface area contributed by atoms with Gasteiger partial charge in [0.2, 0.25) is 0 Å². The number of rotatable bonds is 5. The van der Waals surface area contributed by atoms with Crippen molar-refractivity contribution < 1.29 is 27.0 Å². The van der Waals surface area contributed by atoms with Crippen molar-refractivity contribution >= 4 is 87.5 Å². The molecule has 178 valence electrons. The van der Waals surface area contributed by atoms with Crippen molar-refractivity contribution in [2.45, 2.75) is 4.90 Å². The molecule has 0 saturated carbocycles. The average Bonchev–Trinajstić information content (AvgIpc) is 2.81. The fraction of sp³-hybridized carbons (Fsp3) is 0. The van der Waals surface area contributed by atoms with Crippen LogP contribution in [0.2, 0.25) is 0 Å². The predicted octanol–water partition coefficient (Wildman–Crippen LogP) is 5.41. The molecular weight excluding hydrogens is 672 g/mol. The minimum Gasteiger partial charge on any atom is -0.377 e. The summed E-state index contributed by atoms with van der Waals surface area (Å²) in [4.78, 5) is 38.7. The number of carbonyl (C=O) groups excluding carboxylic acids is 3. The minimum absolute atomic E-state index is 0.0120. The average molecular weight is 685 g/mol. The predicted molar refractivity (Wildman–Crippen MR) is 139 cm³/mol. The molecule has 0 aliphatic carbocycles. The lowest BCUT2D eigenvalue weighted by Gasteiger charge is -2.26. The smallest absolute Gasteiger partial charge is 0.339 e. The Bertz CT molecular complexity index is 1470. The summed E-state index contributed by atoms with van der Waals surface area (Å²) < 4.78 is 31.8. The zero-order chi connectivity index (χ0) is 25.3. The van der Waals surface area contributed by atoms with Crippen LogP contribution in [0.15, 0.2) is 90.6 Å². The highest BCUT2D eigenvalue weighted by molar-refractivity contribution is 9.11. The molecule has 0 bridgehead atoms. The van der Waals surface area contributed by atoms with Crippen LogP contribution in [0.25, 0.3) is 6.08 Å². The molecule has 0 unspecified atom stereocenters. The summed E-state index contributed by atoms with van der Waals surface area (Å²) in [6, 6.07) is 16.2. The molecule has 1 heterocycles. The molecule has 1 fully saturated rings. The highest BCUT2D eigenvalue weighted by Gasteiger charge is 2.36. The summed E-state index contributed by atoms with van der Waals surface area (Å²) in [6.45, 7) is 0. The lowest BCUT2D eigenvalue weighted by molar-refractivity contribution is -0.122. The number of anilines is 1. The molecule has 4 amide bonds. The van der Waals surface area contributed by atoms with E-state index >= 15 is 0 Å². The van der Waals surface area contributed by atoms with Gasteiger partial charge in [-0.2, -0.15) is 8.42 Å². The number of nitrogens with zero attached hydrogens (tertiary/aromatic N) is 1. The summed E-state index contributed by atoms with van der Waals surface area (Å²) in [5.74, 6) is -1.67. The fourth-order valence-electron chi connectivity index (χ4n) is 3.14. The van der Waals surface area contributed by atoms with Crippen LogP contribution in [0, 0.1) is 0 Å². The number of benzene rings is 3. The van der Waals surface area contributed by atoms with Gasteiger partial charge in [-0.3, -0.25) is 14.9 Å². The number of barbiturate groups is 1. The number of urea groups is 1. The minimum atomic E-state index is -4.10. The van der Waals surface area contributed by atoms with E-state index < -0.39 is 28.0 Å². The molecule has 3 aromatic rings. The number of hydrogen-bond acceptors (Lipinski definition) is 6. The summed E-state index contributed by atoms with van der Waals surface area (Å²) in [5.41, 5.74) is 0.375. The Labute approximate surface area is 225 Å². The lowest BCUT2D eigenvalue weighted by atomic mass is 10.1. The van der Waals surface area contributed by atoms with Gasteiger partial charge in [0.15, 0.2) is 5.75 Å². The maximum Gasteiger partial charge on any atom is 0.339 e. The normalized spacial score (nSPS) is 15.3. The van der Waals surface area contributed by atoms with Crippen molar-refractivity contribution in [3.05, 3.63) is 91.3 Å². The van der Waals surface area contributed by atoms with E-state index in [1.807, 2.05) is 0 Å². The highest BCUT2D eigenvalue weighted by Crippen LogP contribution is 2.37. The number of amides is 4. The van der Waals surface area contributed by atoms with Gasteiger partial charge in [0.1, 0.15) is 10.5 Å². The molecule has 8 nitrogen and oxygen atoms in total. The van der Waals surface area contributed by atoms with Gasteiger partial charge in [0, 0.05) is 4.47 Å². The van der Waals surface area contributed by atoms with E-state index in [4.69, 9.17) is 4.18 Å². The molecule has 0 spiro atoms. The van der Waals surface area contributed by atoms with Crippen molar-refractivity contribution in [3.8, 4) is 5.75 Å². The second-order valence-corrected chi connectivity index (χ2v) is 11.3. The third-order valence-corrected chi connectivity index (χ3v) is 7.69. The first-order valence-electron chi connectivity index (χ1n) is 9.72. The first-order valence-corrected chi connectivity index (χ1v) is 13.5. The molecule has 1 saturated heterocycles. The van der Waals surface area contributed by atoms with Crippen molar-refractivity contribution in [1.82, 2.24) is 5.32 Å². The Kier molecular flexibility index (Phi) is 7.27. The number of imide groups is 2. The Morgan fingerprint density at radius 1 is 0.857 bits per heavy atom. The van der Waals surface area contributed by atoms with Crippen LogP contribution in [0.3, 0.4) is 0 Å². The van der Waals surface area contributed by atoms with Crippen LogP contribution in [-0.2, 0) is 19.7 Å². The van der Waals surface area contributed by atoms with E-state index in [2.05, 4.69) is 53.1 Å². The summed E-state index contributed by atoms with van der Waals surface area (Å²) >= 11 is 9.85. The summed E-state index contributed by atoms with van der Waals surface area (Å²) in [5, 5.41) is 2.15. The van der Waals surface area contributed by atoms with Gasteiger partial charge in [-0.05, 0) is 92.0 Å². The van der Waals surface area contributed by atoms with Crippen LogP contribution in [0.1, 0.15) is 5.56 Å². The van der Waals surface area contributed by atoms with E-state index in [-0.39, 0.29) is 30.9 Å². The zero-order valence-electron chi connectivity index (χ0n) is 17.4. The van der Waals surface area contributed by atoms with Gasteiger partial charge in [0.25, 0.3) is 11.8 Å². The van der Waals surface area contributed by atoms with Gasteiger partial charge < -0.3 is 4.18 Å².